The van der Waals surface area contributed by atoms with E-state index in [9.17, 15) is 9.90 Å². The molecular formula is C30H35N3O2. The zero-order valence-corrected chi connectivity index (χ0v) is 21.2. The van der Waals surface area contributed by atoms with Crippen LogP contribution in [0.4, 0.5) is 5.82 Å². The van der Waals surface area contributed by atoms with E-state index in [-0.39, 0.29) is 17.0 Å². The highest BCUT2D eigenvalue weighted by molar-refractivity contribution is 5.95. The maximum Gasteiger partial charge on any atom is 0.337 e. The Balaban J connectivity index is 1.57. The molecule has 0 saturated heterocycles. The van der Waals surface area contributed by atoms with Crippen molar-refractivity contribution in [1.29, 1.82) is 0 Å². The van der Waals surface area contributed by atoms with Crippen molar-refractivity contribution in [2.75, 3.05) is 5.32 Å². The minimum absolute atomic E-state index is 0.0461. The number of carboxylic acids is 1. The molecule has 2 aliphatic heterocycles. The number of carbonyl (C=O) groups is 1. The fourth-order valence-corrected chi connectivity index (χ4v) is 5.36. The van der Waals surface area contributed by atoms with Crippen LogP contribution in [0.2, 0.25) is 0 Å². The Bertz CT molecular complexity index is 1240. The van der Waals surface area contributed by atoms with E-state index in [0.717, 1.165) is 29.9 Å². The summed E-state index contributed by atoms with van der Waals surface area (Å²) in [6.45, 7) is 12.9. The topological polar surface area (TPSA) is 65.5 Å². The van der Waals surface area contributed by atoms with Gasteiger partial charge < -0.3 is 15.3 Å². The minimum Gasteiger partial charge on any atom is -0.478 e. The van der Waals surface area contributed by atoms with Crippen LogP contribution in [0.25, 0.3) is 16.8 Å². The van der Waals surface area contributed by atoms with Gasteiger partial charge in [-0.15, -0.1) is 0 Å². The first kappa shape index (κ1) is 23.4. The maximum atomic E-state index is 11.9. The van der Waals surface area contributed by atoms with Crippen LogP contribution >= 0.6 is 0 Å². The molecule has 1 aromatic carbocycles. The summed E-state index contributed by atoms with van der Waals surface area (Å²) in [5.74, 6) is 0.0147. The summed E-state index contributed by atoms with van der Waals surface area (Å²) >= 11 is 0. The van der Waals surface area contributed by atoms with Crippen LogP contribution < -0.4 is 5.32 Å². The summed E-state index contributed by atoms with van der Waals surface area (Å²) in [6.07, 6.45) is 11.2. The van der Waals surface area contributed by atoms with Crippen molar-refractivity contribution in [2.45, 2.75) is 71.9 Å². The lowest BCUT2D eigenvalue weighted by atomic mass is 9.75. The Morgan fingerprint density at radius 3 is 2.57 bits per heavy atom. The number of aliphatic carboxylic acids is 1. The number of rotatable bonds is 5. The van der Waals surface area contributed by atoms with Crippen LogP contribution in [-0.4, -0.2) is 33.0 Å². The van der Waals surface area contributed by atoms with Gasteiger partial charge >= 0.3 is 5.97 Å². The summed E-state index contributed by atoms with van der Waals surface area (Å²) in [5.41, 5.74) is 7.89. The lowest BCUT2D eigenvalue weighted by molar-refractivity contribution is -0.132. The van der Waals surface area contributed by atoms with Gasteiger partial charge in [-0.3, -0.25) is 0 Å². The Morgan fingerprint density at radius 1 is 1.23 bits per heavy atom. The van der Waals surface area contributed by atoms with Crippen molar-refractivity contribution >= 4 is 17.5 Å². The third-order valence-corrected chi connectivity index (χ3v) is 7.70. The number of aryl methyl sites for hydroxylation is 1. The van der Waals surface area contributed by atoms with E-state index in [1.807, 2.05) is 12.3 Å². The summed E-state index contributed by atoms with van der Waals surface area (Å²) in [5, 5.41) is 13.2. The number of hydrogen-bond acceptors (Lipinski definition) is 4. The SMILES string of the molecule is C=C1C=C2c3cc(CC)c(-c4ccc(NC5CCC5)nc4)cc3CC(C(C)(C)C)N2C=C1C(=O)O. The van der Waals surface area contributed by atoms with E-state index in [4.69, 9.17) is 4.98 Å². The van der Waals surface area contributed by atoms with Gasteiger partial charge in [0.1, 0.15) is 5.82 Å². The summed E-state index contributed by atoms with van der Waals surface area (Å²) in [7, 11) is 0. The summed E-state index contributed by atoms with van der Waals surface area (Å²) in [6, 6.07) is 9.59. The van der Waals surface area contributed by atoms with Crippen LogP contribution in [0.5, 0.6) is 0 Å². The van der Waals surface area contributed by atoms with Gasteiger partial charge in [-0.05, 0) is 84.1 Å². The quantitative estimate of drug-likeness (QED) is 0.528. The number of allylic oxidation sites excluding steroid dienone is 1. The largest absolute Gasteiger partial charge is 0.478 e. The molecule has 5 rings (SSSR count). The molecule has 3 aliphatic rings. The highest BCUT2D eigenvalue weighted by Gasteiger charge is 2.39. The van der Waals surface area contributed by atoms with Gasteiger partial charge in [0.05, 0.1) is 5.57 Å². The van der Waals surface area contributed by atoms with Gasteiger partial charge in [0.15, 0.2) is 0 Å². The van der Waals surface area contributed by atoms with Crippen LogP contribution in [0.3, 0.4) is 0 Å². The molecule has 2 aromatic rings. The molecule has 1 fully saturated rings. The molecule has 3 heterocycles. The molecule has 0 radical (unpaired) electrons. The van der Waals surface area contributed by atoms with E-state index in [1.54, 1.807) is 6.20 Å². The highest BCUT2D eigenvalue weighted by atomic mass is 16.4. The molecule has 0 spiro atoms. The van der Waals surface area contributed by atoms with Crippen LogP contribution in [0.15, 0.2) is 60.5 Å². The zero-order chi connectivity index (χ0) is 24.9. The van der Waals surface area contributed by atoms with Gasteiger partial charge in [0, 0.05) is 41.3 Å². The fourth-order valence-electron chi connectivity index (χ4n) is 5.36. The Labute approximate surface area is 208 Å². The molecule has 182 valence electrons. The minimum atomic E-state index is -0.934. The standard InChI is InChI=1S/C30H35N3O2/c1-6-19-13-24-21(14-23(19)20-10-11-28(31-16-20)32-22-8-7-9-22)15-27(30(3,4)5)33-17-25(29(34)35)18(2)12-26(24)33/h10-14,16-17,22,27H,2,6-9,15H2,1,3-5H3,(H,31,32)(H,34,35). The first-order valence-corrected chi connectivity index (χ1v) is 12.7. The first-order chi connectivity index (χ1) is 16.7. The normalized spacial score (nSPS) is 19.8. The average molecular weight is 470 g/mol. The monoisotopic (exact) mass is 469 g/mol. The lowest BCUT2D eigenvalue weighted by Gasteiger charge is -2.46. The van der Waals surface area contributed by atoms with Gasteiger partial charge in [0.2, 0.25) is 0 Å². The smallest absolute Gasteiger partial charge is 0.337 e. The molecule has 1 aromatic heterocycles. The van der Waals surface area contributed by atoms with Crippen molar-refractivity contribution in [3.8, 4) is 11.1 Å². The number of nitrogens with zero attached hydrogens (tertiary/aromatic N) is 2. The van der Waals surface area contributed by atoms with Gasteiger partial charge in [0.25, 0.3) is 0 Å². The van der Waals surface area contributed by atoms with Crippen LogP contribution in [0, 0.1) is 5.41 Å². The molecule has 0 bridgehead atoms. The average Bonchev–Trinajstić information content (AvgIpc) is 2.79. The molecule has 2 N–H and O–H groups in total. The van der Waals surface area contributed by atoms with Gasteiger partial charge in [-0.1, -0.05) is 40.3 Å². The predicted octanol–water partition coefficient (Wildman–Crippen LogP) is 6.43. The Kier molecular flexibility index (Phi) is 5.82. The van der Waals surface area contributed by atoms with Gasteiger partial charge in [-0.25, -0.2) is 9.78 Å². The third kappa shape index (κ3) is 4.29. The first-order valence-electron chi connectivity index (χ1n) is 12.7. The molecule has 5 nitrogen and oxygen atoms in total. The second-order valence-corrected chi connectivity index (χ2v) is 11.1. The molecule has 1 saturated carbocycles. The number of aromatic nitrogens is 1. The van der Waals surface area contributed by atoms with Crippen molar-refractivity contribution in [2.24, 2.45) is 5.41 Å². The molecule has 1 unspecified atom stereocenters. The Morgan fingerprint density at radius 2 is 2.00 bits per heavy atom. The summed E-state index contributed by atoms with van der Waals surface area (Å²) in [4.78, 5) is 18.7. The van der Waals surface area contributed by atoms with Crippen LogP contribution in [0.1, 0.15) is 63.6 Å². The highest BCUT2D eigenvalue weighted by Crippen LogP contribution is 2.44. The number of nitrogens with one attached hydrogen (secondary N) is 1. The maximum absolute atomic E-state index is 11.9. The molecule has 35 heavy (non-hydrogen) atoms. The fraction of sp³-hybridized carbons (Fsp3) is 0.400. The van der Waals surface area contributed by atoms with Gasteiger partial charge in [-0.2, -0.15) is 0 Å². The zero-order valence-electron chi connectivity index (χ0n) is 21.2. The molecule has 1 aliphatic carbocycles. The molecule has 0 amide bonds. The molecule has 1 atom stereocenters. The number of carboxylic acid groups (broad SMARTS) is 1. The third-order valence-electron chi connectivity index (χ3n) is 7.70. The second kappa shape index (κ2) is 8.71. The lowest BCUT2D eigenvalue weighted by Crippen LogP contribution is -2.45. The number of benzene rings is 1. The summed E-state index contributed by atoms with van der Waals surface area (Å²) < 4.78 is 0. The number of fused-ring (bicyclic) bond motifs is 3. The second-order valence-electron chi connectivity index (χ2n) is 11.1. The van der Waals surface area contributed by atoms with Crippen molar-refractivity contribution in [3.63, 3.8) is 0 Å². The molecular weight excluding hydrogens is 434 g/mol. The van der Waals surface area contributed by atoms with Crippen molar-refractivity contribution in [3.05, 3.63) is 77.2 Å². The van der Waals surface area contributed by atoms with Crippen LogP contribution in [-0.2, 0) is 17.6 Å². The number of hydrogen-bond donors (Lipinski definition) is 2. The van der Waals surface area contributed by atoms with E-state index < -0.39 is 5.97 Å². The number of pyridine rings is 1. The van der Waals surface area contributed by atoms with E-state index in [0.29, 0.717) is 11.6 Å². The number of anilines is 1. The van der Waals surface area contributed by atoms with E-state index in [2.05, 4.69) is 68.8 Å². The Hall–Kier alpha value is -3.34. The predicted molar refractivity (Wildman–Crippen MR) is 142 cm³/mol. The molecule has 5 heteroatoms. The van der Waals surface area contributed by atoms with E-state index >= 15 is 0 Å². The van der Waals surface area contributed by atoms with E-state index in [1.165, 1.54) is 41.5 Å². The van der Waals surface area contributed by atoms with Crippen molar-refractivity contribution in [1.82, 2.24) is 9.88 Å². The van der Waals surface area contributed by atoms with Crippen molar-refractivity contribution < 1.29 is 9.90 Å².